The average molecular weight is 391 g/mol. The molecule has 1 aliphatic rings. The molecule has 3 aromatic rings. The third-order valence-electron chi connectivity index (χ3n) is 4.34. The van der Waals surface area contributed by atoms with Crippen molar-refractivity contribution in [2.45, 2.75) is 23.8 Å². The van der Waals surface area contributed by atoms with Crippen molar-refractivity contribution in [2.75, 3.05) is 17.9 Å². The third-order valence-corrected chi connectivity index (χ3v) is 5.74. The minimum atomic E-state index is -3.97. The number of H-pyrrole nitrogens is 1. The van der Waals surface area contributed by atoms with E-state index in [0.717, 1.165) is 18.9 Å². The van der Waals surface area contributed by atoms with Crippen LogP contribution in [0.5, 0.6) is 5.75 Å². The molecule has 1 aliphatic heterocycles. The Morgan fingerprint density at radius 3 is 3.07 bits per heavy atom. The van der Waals surface area contributed by atoms with E-state index in [-0.39, 0.29) is 29.0 Å². The first-order valence-corrected chi connectivity index (χ1v) is 10.00. The molecule has 4 rings (SSSR count). The third kappa shape index (κ3) is 3.74. The standard InChI is InChI=1S/C18H18FN3O4S/c19-12-5-6-16(26-11-13-3-2-8-25-13)15(9-12)22-27(23,24)17-10-21-18-14(17)4-1-7-20-18/h1,4-7,9-10,13,22H,2-3,8,11H2,(H,20,21). The molecule has 1 unspecified atom stereocenters. The van der Waals surface area contributed by atoms with Crippen LogP contribution in [-0.4, -0.2) is 37.7 Å². The first-order chi connectivity index (χ1) is 13.0. The molecule has 0 amide bonds. The highest BCUT2D eigenvalue weighted by atomic mass is 32.2. The fourth-order valence-corrected chi connectivity index (χ4v) is 4.25. The Morgan fingerprint density at radius 1 is 1.37 bits per heavy atom. The van der Waals surface area contributed by atoms with Gasteiger partial charge in [0, 0.05) is 30.5 Å². The fourth-order valence-electron chi connectivity index (χ4n) is 3.02. The Labute approximate surface area is 155 Å². The maximum absolute atomic E-state index is 13.7. The predicted octanol–water partition coefficient (Wildman–Crippen LogP) is 3.06. The Hall–Kier alpha value is -2.65. The molecule has 0 radical (unpaired) electrons. The quantitative estimate of drug-likeness (QED) is 0.674. The van der Waals surface area contributed by atoms with Crippen LogP contribution in [0.1, 0.15) is 12.8 Å². The normalized spacial score (nSPS) is 17.3. The van der Waals surface area contributed by atoms with E-state index in [1.807, 2.05) is 0 Å². The number of fused-ring (bicyclic) bond motifs is 1. The highest BCUT2D eigenvalue weighted by Gasteiger charge is 2.22. The predicted molar refractivity (Wildman–Crippen MR) is 97.8 cm³/mol. The summed E-state index contributed by atoms with van der Waals surface area (Å²) in [6.07, 6.45) is 4.72. The zero-order chi connectivity index (χ0) is 18.9. The minimum Gasteiger partial charge on any atom is -0.489 e. The molecule has 7 nitrogen and oxygen atoms in total. The van der Waals surface area contributed by atoms with Crippen molar-refractivity contribution in [1.29, 1.82) is 0 Å². The van der Waals surface area contributed by atoms with E-state index in [1.165, 1.54) is 18.3 Å². The largest absolute Gasteiger partial charge is 0.489 e. The molecular formula is C18H18FN3O4S. The number of sulfonamides is 1. The number of ether oxygens (including phenoxy) is 2. The second-order valence-electron chi connectivity index (χ2n) is 6.24. The summed E-state index contributed by atoms with van der Waals surface area (Å²) in [6, 6.07) is 7.01. The van der Waals surface area contributed by atoms with Gasteiger partial charge in [0.05, 0.1) is 11.8 Å². The number of halogens is 1. The van der Waals surface area contributed by atoms with Gasteiger partial charge in [-0.05, 0) is 37.1 Å². The topological polar surface area (TPSA) is 93.3 Å². The zero-order valence-electron chi connectivity index (χ0n) is 14.3. The number of hydrogen-bond acceptors (Lipinski definition) is 5. The summed E-state index contributed by atoms with van der Waals surface area (Å²) in [4.78, 5) is 6.93. The molecule has 1 atom stereocenters. The molecule has 0 spiro atoms. The van der Waals surface area contributed by atoms with Gasteiger partial charge in [0.1, 0.15) is 28.7 Å². The number of aromatic nitrogens is 2. The second kappa shape index (κ2) is 7.16. The number of aromatic amines is 1. The number of rotatable bonds is 6. The molecule has 1 fully saturated rings. The van der Waals surface area contributed by atoms with E-state index in [2.05, 4.69) is 14.7 Å². The van der Waals surface area contributed by atoms with Gasteiger partial charge in [-0.15, -0.1) is 0 Å². The van der Waals surface area contributed by atoms with Crippen LogP contribution in [0, 0.1) is 5.82 Å². The first kappa shape index (κ1) is 17.7. The lowest BCUT2D eigenvalue weighted by Gasteiger charge is -2.16. The average Bonchev–Trinajstić information content (AvgIpc) is 3.30. The number of benzene rings is 1. The Morgan fingerprint density at radius 2 is 2.26 bits per heavy atom. The van der Waals surface area contributed by atoms with Crippen LogP contribution in [0.15, 0.2) is 47.6 Å². The molecule has 1 saturated heterocycles. The van der Waals surface area contributed by atoms with Crippen LogP contribution in [0.4, 0.5) is 10.1 Å². The molecule has 3 heterocycles. The van der Waals surface area contributed by atoms with Gasteiger partial charge in [0.2, 0.25) is 0 Å². The number of pyridine rings is 1. The number of anilines is 1. The lowest BCUT2D eigenvalue weighted by Crippen LogP contribution is -2.18. The zero-order valence-corrected chi connectivity index (χ0v) is 15.1. The van der Waals surface area contributed by atoms with Crippen LogP contribution in [-0.2, 0) is 14.8 Å². The maximum Gasteiger partial charge on any atom is 0.264 e. The van der Waals surface area contributed by atoms with E-state index >= 15 is 0 Å². The fraction of sp³-hybridized carbons (Fsp3) is 0.278. The van der Waals surface area contributed by atoms with E-state index in [1.54, 1.807) is 18.3 Å². The summed E-state index contributed by atoms with van der Waals surface area (Å²) in [5.41, 5.74) is 0.484. The van der Waals surface area contributed by atoms with Gasteiger partial charge < -0.3 is 14.5 Å². The van der Waals surface area contributed by atoms with Crippen molar-refractivity contribution in [2.24, 2.45) is 0 Å². The maximum atomic E-state index is 13.7. The number of nitrogens with one attached hydrogen (secondary N) is 2. The highest BCUT2D eigenvalue weighted by Crippen LogP contribution is 2.30. The number of nitrogens with zero attached hydrogens (tertiary/aromatic N) is 1. The van der Waals surface area contributed by atoms with Crippen molar-refractivity contribution < 1.29 is 22.3 Å². The van der Waals surface area contributed by atoms with E-state index in [9.17, 15) is 12.8 Å². The van der Waals surface area contributed by atoms with Gasteiger partial charge >= 0.3 is 0 Å². The van der Waals surface area contributed by atoms with Crippen LogP contribution in [0.3, 0.4) is 0 Å². The minimum absolute atomic E-state index is 0.0277. The Bertz CT molecular complexity index is 1060. The van der Waals surface area contributed by atoms with Gasteiger partial charge in [-0.3, -0.25) is 4.72 Å². The molecular weight excluding hydrogens is 373 g/mol. The molecule has 142 valence electrons. The van der Waals surface area contributed by atoms with Gasteiger partial charge in [-0.25, -0.2) is 17.8 Å². The van der Waals surface area contributed by atoms with Gasteiger partial charge in [0.25, 0.3) is 10.0 Å². The SMILES string of the molecule is O=S(=O)(Nc1cc(F)ccc1OCC1CCCO1)c1c[nH]c2ncccc12. The summed E-state index contributed by atoms with van der Waals surface area (Å²) < 4.78 is 53.0. The van der Waals surface area contributed by atoms with E-state index < -0.39 is 15.8 Å². The lowest BCUT2D eigenvalue weighted by atomic mass is 10.2. The van der Waals surface area contributed by atoms with Crippen LogP contribution in [0.25, 0.3) is 11.0 Å². The van der Waals surface area contributed by atoms with E-state index in [0.29, 0.717) is 17.6 Å². The molecule has 0 bridgehead atoms. The van der Waals surface area contributed by atoms with Crippen molar-refractivity contribution >= 4 is 26.7 Å². The van der Waals surface area contributed by atoms with Gasteiger partial charge in [-0.2, -0.15) is 0 Å². The highest BCUT2D eigenvalue weighted by molar-refractivity contribution is 7.93. The summed E-state index contributed by atoms with van der Waals surface area (Å²) in [6.45, 7) is 0.961. The molecule has 27 heavy (non-hydrogen) atoms. The summed E-state index contributed by atoms with van der Waals surface area (Å²) in [5, 5.41) is 0.447. The smallest absolute Gasteiger partial charge is 0.264 e. The number of hydrogen-bond donors (Lipinski definition) is 2. The van der Waals surface area contributed by atoms with Crippen LogP contribution >= 0.6 is 0 Å². The summed E-state index contributed by atoms with van der Waals surface area (Å²) in [7, 11) is -3.97. The second-order valence-corrected chi connectivity index (χ2v) is 7.90. The molecule has 1 aromatic carbocycles. The summed E-state index contributed by atoms with van der Waals surface area (Å²) in [5.74, 6) is -0.328. The van der Waals surface area contributed by atoms with Crippen molar-refractivity contribution in [3.05, 3.63) is 48.5 Å². The van der Waals surface area contributed by atoms with Gasteiger partial charge in [-0.1, -0.05) is 0 Å². The molecule has 0 saturated carbocycles. The van der Waals surface area contributed by atoms with E-state index in [4.69, 9.17) is 9.47 Å². The van der Waals surface area contributed by atoms with Crippen LogP contribution in [0.2, 0.25) is 0 Å². The first-order valence-electron chi connectivity index (χ1n) is 8.52. The van der Waals surface area contributed by atoms with Crippen LogP contribution < -0.4 is 9.46 Å². The van der Waals surface area contributed by atoms with Crippen molar-refractivity contribution in [3.63, 3.8) is 0 Å². The Kier molecular flexibility index (Phi) is 4.71. The monoisotopic (exact) mass is 391 g/mol. The van der Waals surface area contributed by atoms with Crippen molar-refractivity contribution in [1.82, 2.24) is 9.97 Å². The molecule has 2 aromatic heterocycles. The summed E-state index contributed by atoms with van der Waals surface area (Å²) >= 11 is 0. The molecule has 0 aliphatic carbocycles. The molecule has 2 N–H and O–H groups in total. The lowest BCUT2D eigenvalue weighted by molar-refractivity contribution is 0.0682. The Balaban J connectivity index is 1.61. The molecule has 9 heteroatoms. The van der Waals surface area contributed by atoms with Crippen molar-refractivity contribution in [3.8, 4) is 5.75 Å². The van der Waals surface area contributed by atoms with Gasteiger partial charge in [0.15, 0.2) is 0 Å².